The molecule has 1 aromatic carbocycles. The Labute approximate surface area is 172 Å². The molecule has 1 heterocycles. The predicted molar refractivity (Wildman–Crippen MR) is 113 cm³/mol. The summed E-state index contributed by atoms with van der Waals surface area (Å²) in [6, 6.07) is 2.36. The summed E-state index contributed by atoms with van der Waals surface area (Å²) in [6.45, 7) is 6.90. The maximum atomic E-state index is 12.5. The lowest BCUT2D eigenvalue weighted by Gasteiger charge is -2.17. The van der Waals surface area contributed by atoms with Crippen LogP contribution in [0.15, 0.2) is 11.2 Å². The Morgan fingerprint density at radius 3 is 2.34 bits per heavy atom. The van der Waals surface area contributed by atoms with Gasteiger partial charge in [0.25, 0.3) is 15.2 Å². The van der Waals surface area contributed by atoms with E-state index in [4.69, 9.17) is 0 Å². The Morgan fingerprint density at radius 2 is 1.72 bits per heavy atom. The zero-order chi connectivity index (χ0) is 20.4. The molecule has 2 aliphatic carbocycles. The summed E-state index contributed by atoms with van der Waals surface area (Å²) in [5.74, 6) is 0.309. The first-order valence-corrected chi connectivity index (χ1v) is 12.1. The van der Waals surface area contributed by atoms with Crippen LogP contribution in [0.1, 0.15) is 48.9 Å². The number of aryl methyl sites for hydroxylation is 2. The first kappa shape index (κ1) is 20.3. The van der Waals surface area contributed by atoms with Gasteiger partial charge in [-0.15, -0.1) is 5.10 Å². The Hall–Kier alpha value is -1.97. The van der Waals surface area contributed by atoms with Crippen LogP contribution in [0.5, 0.6) is 0 Å². The normalized spacial score (nSPS) is 15.7. The molecule has 8 nitrogen and oxygen atoms in total. The van der Waals surface area contributed by atoms with Crippen LogP contribution in [-0.2, 0) is 35.7 Å². The minimum absolute atomic E-state index is 0.149. The highest BCUT2D eigenvalue weighted by Gasteiger charge is 2.25. The fraction of sp³-hybridized carbons (Fsp3) is 0.600. The molecule has 1 aromatic heterocycles. The number of benzene rings is 1. The third-order valence-electron chi connectivity index (χ3n) is 6.04. The van der Waals surface area contributed by atoms with Gasteiger partial charge >= 0.3 is 0 Å². The van der Waals surface area contributed by atoms with E-state index in [-0.39, 0.29) is 5.16 Å². The van der Waals surface area contributed by atoms with Crippen LogP contribution in [0.4, 0.5) is 11.6 Å². The van der Waals surface area contributed by atoms with Gasteiger partial charge in [0.15, 0.2) is 0 Å². The third kappa shape index (κ3) is 4.17. The Bertz CT molecular complexity index is 949. The van der Waals surface area contributed by atoms with Crippen molar-refractivity contribution >= 4 is 21.7 Å². The number of H-pyrrole nitrogens is 1. The second-order valence-electron chi connectivity index (χ2n) is 7.75. The molecule has 0 atom stereocenters. The summed E-state index contributed by atoms with van der Waals surface area (Å²) in [5, 5.41) is 9.89. The summed E-state index contributed by atoms with van der Waals surface area (Å²) in [5.41, 5.74) is 6.61. The maximum absolute atomic E-state index is 12.5. The quantitative estimate of drug-likeness (QED) is 0.577. The van der Waals surface area contributed by atoms with Crippen LogP contribution in [0.3, 0.4) is 0 Å². The first-order valence-electron chi connectivity index (χ1n) is 10.6. The molecule has 0 saturated heterocycles. The van der Waals surface area contributed by atoms with Crippen molar-refractivity contribution in [1.29, 1.82) is 0 Å². The fourth-order valence-electron chi connectivity index (χ4n) is 4.45. The van der Waals surface area contributed by atoms with E-state index in [1.54, 1.807) is 0 Å². The average molecular weight is 419 g/mol. The van der Waals surface area contributed by atoms with E-state index in [0.717, 1.165) is 57.3 Å². The van der Waals surface area contributed by atoms with Crippen molar-refractivity contribution in [3.63, 3.8) is 0 Å². The summed E-state index contributed by atoms with van der Waals surface area (Å²) in [7, 11) is -3.71. The SMILES string of the molecule is CCN(CC)CCNS(=O)(=O)c1nc(Nc2c3c(cc4c2CCC4)CCC3)n[nH]1. The van der Waals surface area contributed by atoms with Crippen molar-refractivity contribution in [2.45, 2.75) is 57.5 Å². The summed E-state index contributed by atoms with van der Waals surface area (Å²) in [4.78, 5) is 6.38. The first-order chi connectivity index (χ1) is 14.0. The van der Waals surface area contributed by atoms with E-state index >= 15 is 0 Å². The van der Waals surface area contributed by atoms with Gasteiger partial charge in [-0.2, -0.15) is 4.98 Å². The fourth-order valence-corrected chi connectivity index (χ4v) is 5.32. The Kier molecular flexibility index (Phi) is 5.89. The van der Waals surface area contributed by atoms with Crippen LogP contribution >= 0.6 is 0 Å². The van der Waals surface area contributed by atoms with Gasteiger partial charge in [0.1, 0.15) is 0 Å². The number of nitrogens with one attached hydrogen (secondary N) is 3. The lowest BCUT2D eigenvalue weighted by atomic mass is 9.99. The maximum Gasteiger partial charge on any atom is 0.275 e. The van der Waals surface area contributed by atoms with Crippen molar-refractivity contribution in [3.05, 3.63) is 28.3 Å². The molecule has 0 bridgehead atoms. The third-order valence-corrected chi connectivity index (χ3v) is 7.32. The van der Waals surface area contributed by atoms with Crippen molar-refractivity contribution in [2.24, 2.45) is 0 Å². The number of hydrogen-bond acceptors (Lipinski definition) is 6. The second-order valence-corrected chi connectivity index (χ2v) is 9.43. The molecule has 0 amide bonds. The highest BCUT2D eigenvalue weighted by atomic mass is 32.2. The van der Waals surface area contributed by atoms with Gasteiger partial charge < -0.3 is 10.2 Å². The van der Waals surface area contributed by atoms with E-state index < -0.39 is 10.0 Å². The molecule has 0 aliphatic heterocycles. The number of aromatic amines is 1. The molecular weight excluding hydrogens is 388 g/mol. The smallest absolute Gasteiger partial charge is 0.275 e. The molecule has 0 spiro atoms. The van der Waals surface area contributed by atoms with Crippen LogP contribution in [-0.4, -0.2) is 54.7 Å². The molecule has 0 saturated carbocycles. The van der Waals surface area contributed by atoms with Gasteiger partial charge in [-0.25, -0.2) is 18.2 Å². The lowest BCUT2D eigenvalue weighted by Crippen LogP contribution is -2.35. The van der Waals surface area contributed by atoms with E-state index in [0.29, 0.717) is 19.0 Å². The molecule has 0 fully saturated rings. The number of sulfonamides is 1. The number of hydrogen-bond donors (Lipinski definition) is 3. The Morgan fingerprint density at radius 1 is 1.07 bits per heavy atom. The number of aromatic nitrogens is 3. The van der Waals surface area contributed by atoms with Crippen molar-refractivity contribution < 1.29 is 8.42 Å². The van der Waals surface area contributed by atoms with E-state index in [2.05, 4.69) is 50.0 Å². The highest BCUT2D eigenvalue weighted by molar-refractivity contribution is 7.89. The molecule has 9 heteroatoms. The Balaban J connectivity index is 1.49. The highest BCUT2D eigenvalue weighted by Crippen LogP contribution is 2.39. The zero-order valence-electron chi connectivity index (χ0n) is 17.2. The van der Waals surface area contributed by atoms with Gasteiger partial charge in [-0.1, -0.05) is 19.9 Å². The molecular formula is C20H30N6O2S. The second kappa shape index (κ2) is 8.41. The van der Waals surface area contributed by atoms with E-state index in [1.165, 1.54) is 22.3 Å². The van der Waals surface area contributed by atoms with Gasteiger partial charge in [-0.3, -0.25) is 0 Å². The molecule has 3 N–H and O–H groups in total. The van der Waals surface area contributed by atoms with Crippen molar-refractivity contribution in [2.75, 3.05) is 31.5 Å². The molecule has 4 rings (SSSR count). The van der Waals surface area contributed by atoms with Gasteiger partial charge in [-0.05, 0) is 73.9 Å². The summed E-state index contributed by atoms with van der Waals surface area (Å²) < 4.78 is 27.7. The van der Waals surface area contributed by atoms with E-state index in [9.17, 15) is 8.42 Å². The number of rotatable bonds is 9. The predicted octanol–water partition coefficient (Wildman–Crippen LogP) is 2.15. The van der Waals surface area contributed by atoms with Crippen molar-refractivity contribution in [3.8, 4) is 0 Å². The topological polar surface area (TPSA) is 103 Å². The average Bonchev–Trinajstić information content (AvgIpc) is 3.45. The number of anilines is 2. The molecule has 2 aliphatic rings. The largest absolute Gasteiger partial charge is 0.322 e. The molecule has 0 radical (unpaired) electrons. The summed E-state index contributed by atoms with van der Waals surface area (Å²) in [6.07, 6.45) is 6.65. The van der Waals surface area contributed by atoms with Gasteiger partial charge in [0, 0.05) is 18.8 Å². The van der Waals surface area contributed by atoms with Crippen molar-refractivity contribution in [1.82, 2.24) is 24.8 Å². The molecule has 0 unspecified atom stereocenters. The molecule has 2 aromatic rings. The standard InChI is InChI=1S/C20H30N6O2S/c1-3-26(4-2)12-11-21-29(27,28)20-23-19(24-25-20)22-18-16-9-5-7-14(16)13-15-8-6-10-17(15)18/h13,21H,3-12H2,1-2H3,(H2,22,23,24,25). The van der Waals surface area contributed by atoms with E-state index in [1.807, 2.05) is 0 Å². The van der Waals surface area contributed by atoms with Crippen LogP contribution in [0.2, 0.25) is 0 Å². The van der Waals surface area contributed by atoms with Gasteiger partial charge in [0.2, 0.25) is 5.95 Å². The van der Waals surface area contributed by atoms with Crippen LogP contribution in [0, 0.1) is 0 Å². The number of likely N-dealkylation sites (N-methyl/N-ethyl adjacent to an activating group) is 1. The number of nitrogens with zero attached hydrogens (tertiary/aromatic N) is 3. The monoisotopic (exact) mass is 418 g/mol. The zero-order valence-corrected chi connectivity index (χ0v) is 18.0. The van der Waals surface area contributed by atoms with Crippen LogP contribution in [0.25, 0.3) is 0 Å². The van der Waals surface area contributed by atoms with Gasteiger partial charge in [0.05, 0.1) is 0 Å². The number of fused-ring (bicyclic) bond motifs is 2. The molecule has 158 valence electrons. The lowest BCUT2D eigenvalue weighted by molar-refractivity contribution is 0.309. The minimum Gasteiger partial charge on any atom is -0.322 e. The minimum atomic E-state index is -3.71. The van der Waals surface area contributed by atoms with Crippen LogP contribution < -0.4 is 10.0 Å². The summed E-state index contributed by atoms with van der Waals surface area (Å²) >= 11 is 0. The molecule has 29 heavy (non-hydrogen) atoms.